The highest BCUT2D eigenvalue weighted by molar-refractivity contribution is 6.21. The van der Waals surface area contributed by atoms with Gasteiger partial charge in [0.15, 0.2) is 0 Å². The third-order valence-electron chi connectivity index (χ3n) is 7.10. The van der Waals surface area contributed by atoms with Gasteiger partial charge in [-0.2, -0.15) is 0 Å². The Morgan fingerprint density at radius 2 is 1.50 bits per heavy atom. The maximum Gasteiger partial charge on any atom is 0.137 e. The van der Waals surface area contributed by atoms with E-state index in [1.165, 1.54) is 0 Å². The van der Waals surface area contributed by atoms with Gasteiger partial charge in [0.1, 0.15) is 29.5 Å². The van der Waals surface area contributed by atoms with Gasteiger partial charge < -0.3 is 14.7 Å². The fraction of sp³-hybridized carbons (Fsp3) is 0.103. The fourth-order valence-corrected chi connectivity index (χ4v) is 5.54. The molecule has 4 aromatic carbocycles. The number of fused-ring (bicyclic) bond motifs is 11. The van der Waals surface area contributed by atoms with E-state index >= 15 is 0 Å². The zero-order valence-corrected chi connectivity index (χ0v) is 19.7. The number of aryl methyl sites for hydroxylation is 2. The van der Waals surface area contributed by atoms with E-state index < -0.39 is 0 Å². The van der Waals surface area contributed by atoms with Crippen LogP contribution in [0.3, 0.4) is 0 Å². The molecule has 36 heavy (non-hydrogen) atoms. The van der Waals surface area contributed by atoms with Crippen molar-refractivity contribution in [2.75, 3.05) is 0 Å². The Balaban J connectivity index is 1.32. The second-order valence-corrected chi connectivity index (χ2v) is 9.38. The summed E-state index contributed by atoms with van der Waals surface area (Å²) in [5.74, 6) is 2.67. The minimum absolute atomic E-state index is 0.504. The number of benzene rings is 4. The van der Waals surface area contributed by atoms with Gasteiger partial charge in [0, 0.05) is 34.1 Å². The average molecular weight is 469 g/mol. The lowest BCUT2D eigenvalue weighted by molar-refractivity contribution is 0.301. The Morgan fingerprint density at radius 1 is 0.722 bits per heavy atom. The zero-order valence-electron chi connectivity index (χ0n) is 19.7. The van der Waals surface area contributed by atoms with Crippen LogP contribution < -0.4 is 4.74 Å². The van der Waals surface area contributed by atoms with Gasteiger partial charge >= 0.3 is 0 Å². The van der Waals surface area contributed by atoms with Crippen LogP contribution in [-0.2, 0) is 6.61 Å². The van der Waals surface area contributed by atoms with Crippen molar-refractivity contribution in [2.24, 2.45) is 0 Å². The maximum atomic E-state index is 6.17. The number of hydrogen-bond acceptors (Lipinski definition) is 5. The predicted molar refractivity (Wildman–Crippen MR) is 141 cm³/mol. The third kappa shape index (κ3) is 2.62. The van der Waals surface area contributed by atoms with Crippen LogP contribution in [0.4, 0.5) is 0 Å². The summed E-state index contributed by atoms with van der Waals surface area (Å²) in [5.41, 5.74) is 8.88. The molecule has 0 atom stereocenters. The Morgan fingerprint density at radius 3 is 2.39 bits per heavy atom. The quantitative estimate of drug-likeness (QED) is 0.273. The number of imidazole rings is 2. The Labute approximate surface area is 205 Å². The van der Waals surface area contributed by atoms with Crippen molar-refractivity contribution in [1.82, 2.24) is 29.9 Å². The number of nitrogens with zero attached hydrogens (tertiary/aromatic N) is 4. The summed E-state index contributed by atoms with van der Waals surface area (Å²) < 4.78 is 6.17. The summed E-state index contributed by atoms with van der Waals surface area (Å²) in [5, 5.41) is 4.34. The minimum atomic E-state index is 0.504. The SMILES string of the molecule is Cc1nc2c([nH]1)COc1c-2ccc2cc(-c3ccc4c(c3)c3nccnc3c3[nH]c(C)nc43)ccc12. The molecule has 3 aromatic heterocycles. The standard InChI is InChI=1S/C29H20N6O/c1-14-32-23-13-36-29-19-6-3-16(11-18(19)5-8-21(29)24(23)33-14)17-4-7-20-22(12-17)25-27(31-10-9-30-25)28-26(20)34-15(2)35-28/h3-12H,13H2,1-2H3,(H,32,33)(H,34,35). The van der Waals surface area contributed by atoms with Gasteiger partial charge in [-0.1, -0.05) is 30.3 Å². The summed E-state index contributed by atoms with van der Waals surface area (Å²) in [4.78, 5) is 25.4. The van der Waals surface area contributed by atoms with Crippen molar-refractivity contribution >= 4 is 43.6 Å². The molecule has 0 saturated heterocycles. The first-order valence-electron chi connectivity index (χ1n) is 11.9. The maximum absolute atomic E-state index is 6.17. The molecular formula is C29H20N6O. The first kappa shape index (κ1) is 19.5. The monoisotopic (exact) mass is 468 g/mol. The lowest BCUT2D eigenvalue weighted by Gasteiger charge is -2.19. The van der Waals surface area contributed by atoms with Crippen LogP contribution in [0.25, 0.3) is 66.0 Å². The van der Waals surface area contributed by atoms with Crippen molar-refractivity contribution in [2.45, 2.75) is 20.5 Å². The summed E-state index contributed by atoms with van der Waals surface area (Å²) in [7, 11) is 0. The van der Waals surface area contributed by atoms with Crippen LogP contribution in [0.5, 0.6) is 5.75 Å². The molecule has 7 nitrogen and oxygen atoms in total. The number of aromatic amines is 2. The first-order valence-corrected chi connectivity index (χ1v) is 11.9. The normalized spacial score (nSPS) is 12.8. The van der Waals surface area contributed by atoms with Crippen LogP contribution in [0.2, 0.25) is 0 Å². The van der Waals surface area contributed by atoms with E-state index in [1.54, 1.807) is 12.4 Å². The fourth-order valence-electron chi connectivity index (χ4n) is 5.54. The van der Waals surface area contributed by atoms with Gasteiger partial charge in [0.2, 0.25) is 0 Å². The highest BCUT2D eigenvalue weighted by Gasteiger charge is 2.23. The number of aromatic nitrogens is 6. The van der Waals surface area contributed by atoms with Gasteiger partial charge in [0.05, 0.1) is 27.9 Å². The number of hydrogen-bond donors (Lipinski definition) is 2. The average Bonchev–Trinajstić information content (AvgIpc) is 3.49. The minimum Gasteiger partial charge on any atom is -0.486 e. The van der Waals surface area contributed by atoms with Crippen molar-refractivity contribution < 1.29 is 4.74 Å². The van der Waals surface area contributed by atoms with Crippen molar-refractivity contribution in [1.29, 1.82) is 0 Å². The number of H-pyrrole nitrogens is 2. The van der Waals surface area contributed by atoms with Gasteiger partial charge in [-0.05, 0) is 48.6 Å². The molecule has 7 heteroatoms. The Bertz CT molecular complexity index is 2030. The molecule has 7 aromatic rings. The molecule has 0 fully saturated rings. The molecule has 1 aliphatic rings. The lowest BCUT2D eigenvalue weighted by atomic mass is 9.95. The predicted octanol–water partition coefficient (Wildman–Crippen LogP) is 6.38. The van der Waals surface area contributed by atoms with Gasteiger partial charge in [0.25, 0.3) is 0 Å². The topological polar surface area (TPSA) is 92.4 Å². The van der Waals surface area contributed by atoms with Crippen molar-refractivity contribution in [3.05, 3.63) is 78.3 Å². The molecule has 1 aliphatic heterocycles. The second-order valence-electron chi connectivity index (χ2n) is 9.38. The molecule has 172 valence electrons. The number of ether oxygens (including phenoxy) is 1. The Hall–Kier alpha value is -4.78. The molecule has 0 amide bonds. The van der Waals surface area contributed by atoms with Gasteiger partial charge in [-0.25, -0.2) is 9.97 Å². The highest BCUT2D eigenvalue weighted by atomic mass is 16.5. The van der Waals surface area contributed by atoms with E-state index in [-0.39, 0.29) is 0 Å². The first-order chi connectivity index (χ1) is 17.6. The molecule has 8 rings (SSSR count). The van der Waals surface area contributed by atoms with Crippen molar-refractivity contribution in [3.63, 3.8) is 0 Å². The summed E-state index contributed by atoms with van der Waals surface area (Å²) in [6, 6.07) is 17.3. The summed E-state index contributed by atoms with van der Waals surface area (Å²) in [6.45, 7) is 4.44. The van der Waals surface area contributed by atoms with Crippen LogP contribution in [0.1, 0.15) is 17.3 Å². The van der Waals surface area contributed by atoms with Crippen LogP contribution in [0.15, 0.2) is 60.9 Å². The molecule has 0 bridgehead atoms. The second kappa shape index (κ2) is 6.88. The number of rotatable bonds is 1. The lowest BCUT2D eigenvalue weighted by Crippen LogP contribution is -2.05. The Kier molecular flexibility index (Phi) is 3.73. The molecule has 0 radical (unpaired) electrons. The van der Waals surface area contributed by atoms with Crippen LogP contribution in [-0.4, -0.2) is 29.9 Å². The van der Waals surface area contributed by atoms with E-state index in [1.807, 2.05) is 13.8 Å². The molecule has 0 saturated carbocycles. The molecular weight excluding hydrogens is 448 g/mol. The van der Waals surface area contributed by atoms with E-state index in [0.717, 1.165) is 89.1 Å². The third-order valence-corrected chi connectivity index (χ3v) is 7.10. The van der Waals surface area contributed by atoms with E-state index in [0.29, 0.717) is 6.61 Å². The number of nitrogens with one attached hydrogen (secondary N) is 2. The smallest absolute Gasteiger partial charge is 0.137 e. The van der Waals surface area contributed by atoms with E-state index in [9.17, 15) is 0 Å². The van der Waals surface area contributed by atoms with Crippen LogP contribution in [0, 0.1) is 13.8 Å². The van der Waals surface area contributed by atoms with E-state index in [4.69, 9.17) is 9.72 Å². The molecule has 2 N–H and O–H groups in total. The zero-order chi connectivity index (χ0) is 24.0. The molecule has 4 heterocycles. The molecule has 0 spiro atoms. The molecule has 0 unspecified atom stereocenters. The van der Waals surface area contributed by atoms with Gasteiger partial charge in [-0.15, -0.1) is 0 Å². The van der Waals surface area contributed by atoms with Gasteiger partial charge in [-0.3, -0.25) is 9.97 Å². The van der Waals surface area contributed by atoms with E-state index in [2.05, 4.69) is 73.5 Å². The summed E-state index contributed by atoms with van der Waals surface area (Å²) >= 11 is 0. The highest BCUT2D eigenvalue weighted by Crippen LogP contribution is 2.42. The summed E-state index contributed by atoms with van der Waals surface area (Å²) in [6.07, 6.45) is 3.47. The molecule has 0 aliphatic carbocycles. The van der Waals surface area contributed by atoms with Crippen LogP contribution >= 0.6 is 0 Å². The van der Waals surface area contributed by atoms with Crippen molar-refractivity contribution in [3.8, 4) is 28.1 Å². The largest absolute Gasteiger partial charge is 0.486 e.